The lowest BCUT2D eigenvalue weighted by Gasteiger charge is -2.33. The molecule has 1 aromatic heterocycles. The third-order valence-electron chi connectivity index (χ3n) is 6.03. The topological polar surface area (TPSA) is 174 Å². The molecule has 1 saturated heterocycles. The van der Waals surface area contributed by atoms with Crippen molar-refractivity contribution in [2.24, 2.45) is 17.6 Å². The van der Waals surface area contributed by atoms with E-state index < -0.39 is 23.3 Å². The Balaban J connectivity index is 1.78. The van der Waals surface area contributed by atoms with Crippen LogP contribution < -0.4 is 26.2 Å². The molecular formula is C21H22N6O5. The highest BCUT2D eigenvalue weighted by atomic mass is 16.5. The van der Waals surface area contributed by atoms with Gasteiger partial charge in [-0.05, 0) is 18.9 Å². The third-order valence-corrected chi connectivity index (χ3v) is 6.03. The van der Waals surface area contributed by atoms with E-state index in [0.717, 1.165) is 0 Å². The Kier molecular flexibility index (Phi) is 5.44. The van der Waals surface area contributed by atoms with Crippen molar-refractivity contribution in [2.45, 2.75) is 18.8 Å². The fraction of sp³-hybridized carbons (Fsp3) is 0.381. The van der Waals surface area contributed by atoms with Gasteiger partial charge in [-0.2, -0.15) is 10.2 Å². The SMILES string of the molecule is COc1cccc(C2c3c(nc(N4CCC(C(N)=O)CC4)[nH]c3=O)NC(=O)C2C#N)c1O. The number of rotatable bonds is 4. The first-order valence-corrected chi connectivity index (χ1v) is 10.1. The number of aromatic hydroxyl groups is 1. The largest absolute Gasteiger partial charge is 0.504 e. The van der Waals surface area contributed by atoms with Crippen LogP contribution >= 0.6 is 0 Å². The van der Waals surface area contributed by atoms with Crippen LogP contribution in [0, 0.1) is 23.2 Å². The molecule has 4 rings (SSSR count). The number of amides is 2. The maximum Gasteiger partial charge on any atom is 0.258 e. The van der Waals surface area contributed by atoms with Crippen molar-refractivity contribution in [3.8, 4) is 17.6 Å². The molecule has 2 atom stereocenters. The lowest BCUT2D eigenvalue weighted by Crippen LogP contribution is -2.42. The number of para-hydroxylation sites is 1. The number of phenols is 1. The van der Waals surface area contributed by atoms with Gasteiger partial charge in [-0.25, -0.2) is 0 Å². The van der Waals surface area contributed by atoms with Crippen molar-refractivity contribution in [1.29, 1.82) is 5.26 Å². The number of piperidine rings is 1. The first-order chi connectivity index (χ1) is 15.3. The number of aromatic nitrogens is 2. The number of ether oxygens (including phenoxy) is 1. The number of nitrogens with two attached hydrogens (primary N) is 1. The lowest BCUT2D eigenvalue weighted by atomic mass is 9.78. The van der Waals surface area contributed by atoms with E-state index in [0.29, 0.717) is 25.9 Å². The van der Waals surface area contributed by atoms with Gasteiger partial charge in [-0.3, -0.25) is 19.4 Å². The Morgan fingerprint density at radius 1 is 1.34 bits per heavy atom. The number of benzene rings is 1. The zero-order valence-electron chi connectivity index (χ0n) is 17.3. The predicted molar refractivity (Wildman–Crippen MR) is 113 cm³/mol. The summed E-state index contributed by atoms with van der Waals surface area (Å²) in [6.45, 7) is 0.925. The number of hydrogen-bond donors (Lipinski definition) is 4. The minimum Gasteiger partial charge on any atom is -0.504 e. The van der Waals surface area contributed by atoms with Gasteiger partial charge in [0, 0.05) is 30.5 Å². The molecule has 3 heterocycles. The number of phenolic OH excluding ortho intramolecular Hbond substituents is 1. The van der Waals surface area contributed by atoms with Crippen LogP contribution in [0.5, 0.6) is 11.5 Å². The second-order valence-corrected chi connectivity index (χ2v) is 7.79. The molecule has 2 aliphatic rings. The van der Waals surface area contributed by atoms with E-state index in [1.54, 1.807) is 6.07 Å². The van der Waals surface area contributed by atoms with E-state index in [1.807, 2.05) is 11.0 Å². The standard InChI is InChI=1S/C21H22N6O5/c1-32-13-4-2-3-11(16(13)28)14-12(9-22)19(30)24-18-15(14)20(31)26-21(25-18)27-7-5-10(6-8-27)17(23)29/h2-4,10,12,14,28H,5-8H2,1H3,(H2,23,29)(H2,24,25,26,30,31). The van der Waals surface area contributed by atoms with Gasteiger partial charge < -0.3 is 25.8 Å². The number of aromatic amines is 1. The average Bonchev–Trinajstić information content (AvgIpc) is 2.78. The number of primary amides is 1. The molecule has 0 spiro atoms. The van der Waals surface area contributed by atoms with Crippen LogP contribution in [0.15, 0.2) is 23.0 Å². The van der Waals surface area contributed by atoms with Crippen molar-refractivity contribution < 1.29 is 19.4 Å². The zero-order chi connectivity index (χ0) is 23.0. The highest BCUT2D eigenvalue weighted by molar-refractivity contribution is 5.98. The molecule has 166 valence electrons. The van der Waals surface area contributed by atoms with E-state index in [4.69, 9.17) is 10.5 Å². The van der Waals surface area contributed by atoms with Gasteiger partial charge in [0.25, 0.3) is 5.56 Å². The third kappa shape index (κ3) is 3.49. The molecule has 5 N–H and O–H groups in total. The van der Waals surface area contributed by atoms with E-state index >= 15 is 0 Å². The van der Waals surface area contributed by atoms with Crippen LogP contribution in [0.2, 0.25) is 0 Å². The van der Waals surface area contributed by atoms with Crippen LogP contribution in [0.4, 0.5) is 11.8 Å². The normalized spacial score (nSPS) is 20.8. The van der Waals surface area contributed by atoms with E-state index in [9.17, 15) is 24.8 Å². The molecule has 0 bridgehead atoms. The first-order valence-electron chi connectivity index (χ1n) is 10.1. The number of methoxy groups -OCH3 is 1. The fourth-order valence-electron chi connectivity index (χ4n) is 4.32. The summed E-state index contributed by atoms with van der Waals surface area (Å²) < 4.78 is 5.14. The molecule has 2 aliphatic heterocycles. The number of nitrogens with one attached hydrogen (secondary N) is 2. The van der Waals surface area contributed by atoms with Gasteiger partial charge >= 0.3 is 0 Å². The summed E-state index contributed by atoms with van der Waals surface area (Å²) in [4.78, 5) is 46.2. The van der Waals surface area contributed by atoms with Gasteiger partial charge in [0.2, 0.25) is 17.8 Å². The quantitative estimate of drug-likeness (QED) is 0.531. The zero-order valence-corrected chi connectivity index (χ0v) is 17.3. The Morgan fingerprint density at radius 3 is 2.69 bits per heavy atom. The Labute approximate surface area is 182 Å². The van der Waals surface area contributed by atoms with Crippen LogP contribution in [-0.2, 0) is 9.59 Å². The summed E-state index contributed by atoms with van der Waals surface area (Å²) in [6.07, 6.45) is 1.05. The molecular weight excluding hydrogens is 416 g/mol. The van der Waals surface area contributed by atoms with Gasteiger partial charge in [0.05, 0.1) is 18.7 Å². The van der Waals surface area contributed by atoms with E-state index in [2.05, 4.69) is 15.3 Å². The van der Waals surface area contributed by atoms with E-state index in [1.165, 1.54) is 19.2 Å². The second-order valence-electron chi connectivity index (χ2n) is 7.79. The smallest absolute Gasteiger partial charge is 0.258 e. The number of nitriles is 1. The Hall–Kier alpha value is -4.07. The maximum atomic E-state index is 13.1. The number of carbonyl (C=O) groups excluding carboxylic acids is 2. The summed E-state index contributed by atoms with van der Waals surface area (Å²) in [7, 11) is 1.38. The molecule has 0 radical (unpaired) electrons. The first kappa shape index (κ1) is 21.2. The summed E-state index contributed by atoms with van der Waals surface area (Å²) in [6, 6.07) is 6.61. The molecule has 2 unspecified atom stereocenters. The van der Waals surface area contributed by atoms with Crippen LogP contribution in [0.1, 0.15) is 29.9 Å². The molecule has 1 aromatic carbocycles. The number of H-pyrrole nitrogens is 1. The summed E-state index contributed by atoms with van der Waals surface area (Å²) >= 11 is 0. The van der Waals surface area contributed by atoms with Crippen molar-refractivity contribution in [3.63, 3.8) is 0 Å². The Morgan fingerprint density at radius 2 is 2.06 bits per heavy atom. The number of anilines is 2. The number of carbonyl (C=O) groups is 2. The van der Waals surface area contributed by atoms with Crippen molar-refractivity contribution in [1.82, 2.24) is 9.97 Å². The average molecular weight is 438 g/mol. The minimum absolute atomic E-state index is 0.0319. The van der Waals surface area contributed by atoms with Crippen molar-refractivity contribution >= 4 is 23.6 Å². The van der Waals surface area contributed by atoms with Gasteiger partial charge in [-0.15, -0.1) is 0 Å². The van der Waals surface area contributed by atoms with Crippen LogP contribution in [0.3, 0.4) is 0 Å². The monoisotopic (exact) mass is 438 g/mol. The second kappa shape index (κ2) is 8.22. The van der Waals surface area contributed by atoms with Gasteiger partial charge in [-0.1, -0.05) is 12.1 Å². The molecule has 2 amide bonds. The summed E-state index contributed by atoms with van der Waals surface area (Å²) in [5.74, 6) is -3.30. The number of nitrogens with zero attached hydrogens (tertiary/aromatic N) is 3. The Bertz CT molecular complexity index is 1180. The molecule has 32 heavy (non-hydrogen) atoms. The minimum atomic E-state index is -1.25. The lowest BCUT2D eigenvalue weighted by molar-refractivity contribution is -0.122. The fourth-order valence-corrected chi connectivity index (χ4v) is 4.32. The molecule has 0 saturated carbocycles. The molecule has 2 aromatic rings. The van der Waals surface area contributed by atoms with Crippen LogP contribution in [-0.4, -0.2) is 47.1 Å². The van der Waals surface area contributed by atoms with Crippen molar-refractivity contribution in [2.75, 3.05) is 30.4 Å². The van der Waals surface area contributed by atoms with Crippen LogP contribution in [0.25, 0.3) is 0 Å². The van der Waals surface area contributed by atoms with Gasteiger partial charge in [0.15, 0.2) is 11.5 Å². The molecule has 0 aliphatic carbocycles. The predicted octanol–water partition coefficient (Wildman–Crippen LogP) is 0.410. The van der Waals surface area contributed by atoms with Crippen molar-refractivity contribution in [3.05, 3.63) is 39.7 Å². The number of hydrogen-bond acceptors (Lipinski definition) is 8. The number of fused-ring (bicyclic) bond motifs is 1. The summed E-state index contributed by atoms with van der Waals surface area (Å²) in [5.41, 5.74) is 5.14. The summed E-state index contributed by atoms with van der Waals surface area (Å²) in [5, 5.41) is 22.8. The highest BCUT2D eigenvalue weighted by Gasteiger charge is 2.42. The van der Waals surface area contributed by atoms with E-state index in [-0.39, 0.29) is 46.2 Å². The molecule has 11 heteroatoms. The molecule has 1 fully saturated rings. The maximum absolute atomic E-state index is 13.1. The molecule has 11 nitrogen and oxygen atoms in total. The highest BCUT2D eigenvalue weighted by Crippen LogP contribution is 2.44. The van der Waals surface area contributed by atoms with Gasteiger partial charge in [0.1, 0.15) is 11.7 Å².